The average Bonchev–Trinajstić information content (AvgIpc) is 2.63. The topological polar surface area (TPSA) is 9.23 Å². The molecule has 1 aliphatic heterocycles. The fourth-order valence-corrected chi connectivity index (χ4v) is 4.08. The molecule has 3 atom stereocenters. The highest BCUT2D eigenvalue weighted by molar-refractivity contribution is 5.20. The number of unbranched alkanes of at least 4 members (excludes halogenated alkanes) is 6. The molecule has 1 aliphatic rings. The van der Waals surface area contributed by atoms with E-state index in [4.69, 9.17) is 4.74 Å². The van der Waals surface area contributed by atoms with Crippen LogP contribution in [0.3, 0.4) is 0 Å². The van der Waals surface area contributed by atoms with Crippen molar-refractivity contribution in [2.45, 2.75) is 109 Å². The van der Waals surface area contributed by atoms with Gasteiger partial charge in [-0.3, -0.25) is 0 Å². The van der Waals surface area contributed by atoms with Crippen molar-refractivity contribution in [1.82, 2.24) is 0 Å². The highest BCUT2D eigenvalue weighted by Crippen LogP contribution is 2.36. The molecule has 1 unspecified atom stereocenters. The first-order chi connectivity index (χ1) is 11.8. The predicted molar refractivity (Wildman–Crippen MR) is 105 cm³/mol. The number of hydrogen-bond acceptors (Lipinski definition) is 1. The Kier molecular flexibility index (Phi) is 9.50. The first kappa shape index (κ1) is 19.5. The van der Waals surface area contributed by atoms with Crippen LogP contribution in [0.25, 0.3) is 0 Å². The van der Waals surface area contributed by atoms with E-state index in [-0.39, 0.29) is 0 Å². The lowest BCUT2D eigenvalue weighted by Gasteiger charge is -2.36. The van der Waals surface area contributed by atoms with Gasteiger partial charge in [0, 0.05) is 0 Å². The molecule has 1 heteroatoms. The molecule has 1 nitrogen and oxygen atoms in total. The zero-order valence-corrected chi connectivity index (χ0v) is 16.0. The molecule has 0 radical (unpaired) electrons. The monoisotopic (exact) mass is 330 g/mol. The van der Waals surface area contributed by atoms with Crippen LogP contribution in [0.4, 0.5) is 0 Å². The zero-order chi connectivity index (χ0) is 17.0. The molecule has 0 bridgehead atoms. The minimum absolute atomic E-state index is 0.483. The molecule has 0 amide bonds. The summed E-state index contributed by atoms with van der Waals surface area (Å²) in [6.07, 6.45) is 16.7. The second kappa shape index (κ2) is 11.7. The van der Waals surface area contributed by atoms with Gasteiger partial charge in [0.1, 0.15) is 0 Å². The average molecular weight is 331 g/mol. The van der Waals surface area contributed by atoms with E-state index in [2.05, 4.69) is 44.2 Å². The molecule has 0 saturated carbocycles. The van der Waals surface area contributed by atoms with Crippen molar-refractivity contribution in [3.63, 3.8) is 0 Å². The Morgan fingerprint density at radius 3 is 1.79 bits per heavy atom. The van der Waals surface area contributed by atoms with Crippen LogP contribution in [0.1, 0.15) is 102 Å². The molecule has 0 spiro atoms. The smallest absolute Gasteiger partial charge is 0.0584 e. The molecular weight excluding hydrogens is 292 g/mol. The minimum atomic E-state index is 0.483. The third-order valence-corrected chi connectivity index (χ3v) is 5.51. The molecule has 2 rings (SSSR count). The Morgan fingerprint density at radius 1 is 0.750 bits per heavy atom. The summed E-state index contributed by atoms with van der Waals surface area (Å²) in [5.41, 5.74) is 1.53. The van der Waals surface area contributed by atoms with Gasteiger partial charge in [-0.25, -0.2) is 0 Å². The number of rotatable bonds is 11. The van der Waals surface area contributed by atoms with Crippen molar-refractivity contribution in [3.8, 4) is 0 Å². The molecule has 1 aromatic rings. The van der Waals surface area contributed by atoms with Gasteiger partial charge in [0.15, 0.2) is 0 Å². The first-order valence-corrected chi connectivity index (χ1v) is 10.5. The van der Waals surface area contributed by atoms with E-state index in [9.17, 15) is 0 Å². The summed E-state index contributed by atoms with van der Waals surface area (Å²) >= 11 is 0. The van der Waals surface area contributed by atoms with Crippen molar-refractivity contribution >= 4 is 0 Å². The van der Waals surface area contributed by atoms with E-state index in [0.717, 1.165) is 0 Å². The maximum atomic E-state index is 6.50. The standard InChI is InChI=1S/C23H38O/c1-3-5-7-12-16-22-18-21(20-14-10-9-11-15-20)19-23(24-22)17-13-8-6-4-2/h9-11,14-15,21-23H,3-8,12-13,16-19H2,1-2H3/t21?,22-,23+. The summed E-state index contributed by atoms with van der Waals surface area (Å²) in [6, 6.07) is 11.2. The van der Waals surface area contributed by atoms with Crippen LogP contribution in [0.5, 0.6) is 0 Å². The van der Waals surface area contributed by atoms with Crippen molar-refractivity contribution in [2.75, 3.05) is 0 Å². The quantitative estimate of drug-likeness (QED) is 0.388. The summed E-state index contributed by atoms with van der Waals surface area (Å²) in [7, 11) is 0. The fraction of sp³-hybridized carbons (Fsp3) is 0.739. The van der Waals surface area contributed by atoms with Crippen LogP contribution in [-0.2, 0) is 4.74 Å². The van der Waals surface area contributed by atoms with Crippen LogP contribution >= 0.6 is 0 Å². The van der Waals surface area contributed by atoms with Gasteiger partial charge < -0.3 is 4.74 Å². The number of hydrogen-bond donors (Lipinski definition) is 0. The van der Waals surface area contributed by atoms with E-state index >= 15 is 0 Å². The van der Waals surface area contributed by atoms with Gasteiger partial charge in [-0.2, -0.15) is 0 Å². The summed E-state index contributed by atoms with van der Waals surface area (Å²) in [4.78, 5) is 0. The molecule has 24 heavy (non-hydrogen) atoms. The van der Waals surface area contributed by atoms with Crippen molar-refractivity contribution < 1.29 is 4.74 Å². The number of ether oxygens (including phenoxy) is 1. The second-order valence-corrected chi connectivity index (χ2v) is 7.66. The third-order valence-electron chi connectivity index (χ3n) is 5.51. The van der Waals surface area contributed by atoms with E-state index in [0.29, 0.717) is 18.1 Å². The summed E-state index contributed by atoms with van der Waals surface area (Å²) in [5.74, 6) is 0.701. The van der Waals surface area contributed by atoms with E-state index in [1.165, 1.54) is 82.6 Å². The van der Waals surface area contributed by atoms with Crippen LogP contribution in [0.2, 0.25) is 0 Å². The fourth-order valence-electron chi connectivity index (χ4n) is 4.08. The maximum Gasteiger partial charge on any atom is 0.0584 e. The zero-order valence-electron chi connectivity index (χ0n) is 16.0. The predicted octanol–water partition coefficient (Wildman–Crippen LogP) is 7.26. The molecule has 1 heterocycles. The third kappa shape index (κ3) is 6.97. The Bertz CT molecular complexity index is 393. The van der Waals surface area contributed by atoms with E-state index in [1.807, 2.05) is 0 Å². The van der Waals surface area contributed by atoms with Crippen molar-refractivity contribution in [3.05, 3.63) is 35.9 Å². The van der Waals surface area contributed by atoms with Crippen molar-refractivity contribution in [1.29, 1.82) is 0 Å². The Morgan fingerprint density at radius 2 is 1.29 bits per heavy atom. The molecular formula is C23H38O. The van der Waals surface area contributed by atoms with Crippen LogP contribution in [0.15, 0.2) is 30.3 Å². The van der Waals surface area contributed by atoms with Crippen LogP contribution in [0, 0.1) is 0 Å². The van der Waals surface area contributed by atoms with Gasteiger partial charge in [0.25, 0.3) is 0 Å². The lowest BCUT2D eigenvalue weighted by Crippen LogP contribution is -2.32. The summed E-state index contributed by atoms with van der Waals surface area (Å²) in [6.45, 7) is 4.57. The molecule has 1 saturated heterocycles. The van der Waals surface area contributed by atoms with Gasteiger partial charge >= 0.3 is 0 Å². The lowest BCUT2D eigenvalue weighted by molar-refractivity contribution is -0.0658. The van der Waals surface area contributed by atoms with Gasteiger partial charge in [-0.15, -0.1) is 0 Å². The highest BCUT2D eigenvalue weighted by atomic mass is 16.5. The summed E-state index contributed by atoms with van der Waals surface area (Å²) in [5, 5.41) is 0. The van der Waals surface area contributed by atoms with Gasteiger partial charge in [0.2, 0.25) is 0 Å². The molecule has 1 fully saturated rings. The van der Waals surface area contributed by atoms with Crippen molar-refractivity contribution in [2.24, 2.45) is 0 Å². The minimum Gasteiger partial charge on any atom is -0.375 e. The molecule has 136 valence electrons. The highest BCUT2D eigenvalue weighted by Gasteiger charge is 2.29. The number of benzene rings is 1. The van der Waals surface area contributed by atoms with Crippen LogP contribution in [-0.4, -0.2) is 12.2 Å². The van der Waals surface area contributed by atoms with Crippen LogP contribution < -0.4 is 0 Å². The largest absolute Gasteiger partial charge is 0.375 e. The second-order valence-electron chi connectivity index (χ2n) is 7.66. The molecule has 0 aromatic heterocycles. The molecule has 0 N–H and O–H groups in total. The Labute approximate surface area is 150 Å². The lowest BCUT2D eigenvalue weighted by atomic mass is 9.83. The summed E-state index contributed by atoms with van der Waals surface area (Å²) < 4.78 is 6.50. The first-order valence-electron chi connectivity index (χ1n) is 10.5. The van der Waals surface area contributed by atoms with Gasteiger partial charge in [0.05, 0.1) is 12.2 Å². The Balaban J connectivity index is 1.87. The SMILES string of the molecule is CCCCCC[C@@H]1CC(c2ccccc2)C[C@H](CCCCCC)O1. The molecule has 1 aromatic carbocycles. The normalized spacial score (nSPS) is 24.2. The Hall–Kier alpha value is -0.820. The van der Waals surface area contributed by atoms with Gasteiger partial charge in [-0.05, 0) is 37.2 Å². The maximum absolute atomic E-state index is 6.50. The van der Waals surface area contributed by atoms with E-state index < -0.39 is 0 Å². The molecule has 0 aliphatic carbocycles. The van der Waals surface area contributed by atoms with Gasteiger partial charge in [-0.1, -0.05) is 95.5 Å². The van der Waals surface area contributed by atoms with E-state index in [1.54, 1.807) is 0 Å².